The molecule has 0 bridgehead atoms. The summed E-state index contributed by atoms with van der Waals surface area (Å²) in [4.78, 5) is 0. The summed E-state index contributed by atoms with van der Waals surface area (Å²) >= 11 is 6.85. The van der Waals surface area contributed by atoms with Gasteiger partial charge in [-0.25, -0.2) is 0 Å². The van der Waals surface area contributed by atoms with Crippen molar-refractivity contribution in [2.45, 2.75) is 10.7 Å². The number of rotatable bonds is 19. The Morgan fingerprint density at radius 3 is 0.969 bits per heavy atom. The largest absolute Gasteiger partial charge is 0.491 e. The van der Waals surface area contributed by atoms with Crippen LogP contribution in [0.25, 0.3) is 0 Å². The fourth-order valence-electron chi connectivity index (χ4n) is 2.55. The van der Waals surface area contributed by atoms with Gasteiger partial charge in [-0.15, -0.1) is 0 Å². The van der Waals surface area contributed by atoms with Crippen LogP contribution >= 0.6 is 31.9 Å². The second-order valence-electron chi connectivity index (χ2n) is 6.70. The lowest BCUT2D eigenvalue weighted by atomic mass is 10.2. The van der Waals surface area contributed by atoms with E-state index in [4.69, 9.17) is 28.4 Å². The number of hydrogen-bond acceptors (Lipinski definition) is 6. The van der Waals surface area contributed by atoms with Crippen LogP contribution in [-0.2, 0) is 29.6 Å². The van der Waals surface area contributed by atoms with Gasteiger partial charge in [0.1, 0.15) is 24.7 Å². The van der Waals surface area contributed by atoms with Crippen LogP contribution < -0.4 is 9.47 Å². The van der Waals surface area contributed by atoms with Gasteiger partial charge in [0.15, 0.2) is 0 Å². The van der Waals surface area contributed by atoms with Crippen molar-refractivity contribution in [1.29, 1.82) is 0 Å². The highest BCUT2D eigenvalue weighted by atomic mass is 79.9. The maximum atomic E-state index is 5.62. The fourth-order valence-corrected chi connectivity index (χ4v) is 3.30. The molecule has 0 unspecified atom stereocenters. The number of halogens is 2. The Kier molecular flexibility index (Phi) is 15.5. The maximum Gasteiger partial charge on any atom is 0.119 e. The van der Waals surface area contributed by atoms with E-state index in [1.807, 2.05) is 48.5 Å². The molecule has 0 N–H and O–H groups in total. The summed E-state index contributed by atoms with van der Waals surface area (Å²) in [7, 11) is 0. The molecule has 0 saturated heterocycles. The Morgan fingerprint density at radius 2 is 0.688 bits per heavy atom. The molecule has 0 radical (unpaired) electrons. The van der Waals surface area contributed by atoms with Gasteiger partial charge in [-0.3, -0.25) is 0 Å². The minimum atomic E-state index is 0.519. The molecule has 0 spiro atoms. The molecule has 0 atom stereocenters. The normalized spacial score (nSPS) is 10.9. The zero-order valence-corrected chi connectivity index (χ0v) is 21.5. The number of benzene rings is 2. The average Bonchev–Trinajstić information content (AvgIpc) is 2.84. The van der Waals surface area contributed by atoms with E-state index in [9.17, 15) is 0 Å². The van der Waals surface area contributed by atoms with Gasteiger partial charge in [0.25, 0.3) is 0 Å². The van der Waals surface area contributed by atoms with E-state index in [0.29, 0.717) is 66.1 Å². The standard InChI is InChI=1S/C24H32Br2O6/c25-19-21-1-5-23(6-2-21)31-17-15-29-13-11-27-9-10-28-12-14-30-16-18-32-24-7-3-22(20-26)4-8-24/h1-8H,9-20H2. The minimum Gasteiger partial charge on any atom is -0.491 e. The number of ether oxygens (including phenoxy) is 6. The Bertz CT molecular complexity index is 635. The first kappa shape index (κ1) is 27.1. The molecule has 178 valence electrons. The van der Waals surface area contributed by atoms with Crippen molar-refractivity contribution in [2.75, 3.05) is 66.1 Å². The zero-order chi connectivity index (χ0) is 22.7. The van der Waals surface area contributed by atoms with Crippen LogP contribution in [0, 0.1) is 0 Å². The van der Waals surface area contributed by atoms with E-state index in [1.54, 1.807) is 0 Å². The van der Waals surface area contributed by atoms with Gasteiger partial charge >= 0.3 is 0 Å². The van der Waals surface area contributed by atoms with Gasteiger partial charge in [-0.2, -0.15) is 0 Å². The Balaban J connectivity index is 1.29. The van der Waals surface area contributed by atoms with Gasteiger partial charge in [-0.1, -0.05) is 56.1 Å². The van der Waals surface area contributed by atoms with Crippen molar-refractivity contribution in [3.8, 4) is 11.5 Å². The van der Waals surface area contributed by atoms with E-state index >= 15 is 0 Å². The lowest BCUT2D eigenvalue weighted by Gasteiger charge is -2.09. The lowest BCUT2D eigenvalue weighted by Crippen LogP contribution is -2.14. The molecule has 32 heavy (non-hydrogen) atoms. The summed E-state index contributed by atoms with van der Waals surface area (Å²) < 4.78 is 33.2. The molecule has 0 amide bonds. The summed E-state index contributed by atoms with van der Waals surface area (Å²) in [6.45, 7) is 5.31. The highest BCUT2D eigenvalue weighted by Gasteiger charge is 1.97. The number of alkyl halides is 2. The molecule has 0 fully saturated rings. The predicted octanol–water partition coefficient (Wildman–Crippen LogP) is 5.00. The first-order valence-electron chi connectivity index (χ1n) is 10.7. The van der Waals surface area contributed by atoms with Crippen molar-refractivity contribution in [3.63, 3.8) is 0 Å². The van der Waals surface area contributed by atoms with Crippen LogP contribution in [-0.4, -0.2) is 66.1 Å². The van der Waals surface area contributed by atoms with Crippen LogP contribution in [0.5, 0.6) is 11.5 Å². The molecule has 2 rings (SSSR count). The fraction of sp³-hybridized carbons (Fsp3) is 0.500. The first-order chi connectivity index (χ1) is 15.8. The van der Waals surface area contributed by atoms with Crippen LogP contribution in [0.15, 0.2) is 48.5 Å². The van der Waals surface area contributed by atoms with E-state index in [2.05, 4.69) is 31.9 Å². The van der Waals surface area contributed by atoms with Gasteiger partial charge in [0, 0.05) is 10.7 Å². The van der Waals surface area contributed by atoms with Crippen LogP contribution in [0.3, 0.4) is 0 Å². The molecular formula is C24H32Br2O6. The summed E-state index contributed by atoms with van der Waals surface area (Å²) in [6.07, 6.45) is 0. The first-order valence-corrected chi connectivity index (χ1v) is 12.9. The molecule has 0 aromatic heterocycles. The zero-order valence-electron chi connectivity index (χ0n) is 18.3. The molecule has 0 aliphatic heterocycles. The van der Waals surface area contributed by atoms with E-state index in [-0.39, 0.29) is 0 Å². The van der Waals surface area contributed by atoms with Gasteiger partial charge in [0.2, 0.25) is 0 Å². The van der Waals surface area contributed by atoms with Crippen LogP contribution in [0.1, 0.15) is 11.1 Å². The predicted molar refractivity (Wildman–Crippen MR) is 132 cm³/mol. The van der Waals surface area contributed by atoms with Crippen LogP contribution in [0.2, 0.25) is 0 Å². The van der Waals surface area contributed by atoms with Crippen molar-refractivity contribution in [2.24, 2.45) is 0 Å². The molecule has 2 aromatic carbocycles. The third-order valence-electron chi connectivity index (χ3n) is 4.26. The molecule has 0 saturated carbocycles. The average molecular weight is 576 g/mol. The SMILES string of the molecule is BrCc1ccc(OCCOCCOCCOCCOCCOc2ccc(CBr)cc2)cc1. The van der Waals surface area contributed by atoms with E-state index in [0.717, 1.165) is 22.2 Å². The Morgan fingerprint density at radius 1 is 0.406 bits per heavy atom. The maximum absolute atomic E-state index is 5.62. The quantitative estimate of drug-likeness (QED) is 0.174. The third kappa shape index (κ3) is 12.8. The molecule has 0 aliphatic carbocycles. The summed E-state index contributed by atoms with van der Waals surface area (Å²) in [5.41, 5.74) is 2.44. The second kappa shape index (κ2) is 18.3. The van der Waals surface area contributed by atoms with Crippen molar-refractivity contribution in [1.82, 2.24) is 0 Å². The number of hydrogen-bond donors (Lipinski definition) is 0. The molecule has 8 heteroatoms. The van der Waals surface area contributed by atoms with Gasteiger partial charge < -0.3 is 28.4 Å². The molecule has 6 nitrogen and oxygen atoms in total. The summed E-state index contributed by atoms with van der Waals surface area (Å²) in [5.74, 6) is 1.70. The topological polar surface area (TPSA) is 55.4 Å². The summed E-state index contributed by atoms with van der Waals surface area (Å²) in [6, 6.07) is 16.0. The smallest absolute Gasteiger partial charge is 0.119 e. The monoisotopic (exact) mass is 574 g/mol. The molecule has 0 aliphatic rings. The van der Waals surface area contributed by atoms with Crippen LogP contribution in [0.4, 0.5) is 0 Å². The lowest BCUT2D eigenvalue weighted by molar-refractivity contribution is -0.00699. The van der Waals surface area contributed by atoms with E-state index < -0.39 is 0 Å². The van der Waals surface area contributed by atoms with Crippen molar-refractivity contribution in [3.05, 3.63) is 59.7 Å². The minimum absolute atomic E-state index is 0.519. The molecule has 2 aromatic rings. The Hall–Kier alpha value is -1.16. The van der Waals surface area contributed by atoms with Gasteiger partial charge in [0.05, 0.1) is 52.9 Å². The molecular weight excluding hydrogens is 544 g/mol. The summed E-state index contributed by atoms with van der Waals surface area (Å²) in [5, 5.41) is 1.69. The molecule has 0 heterocycles. The highest BCUT2D eigenvalue weighted by Crippen LogP contribution is 2.14. The van der Waals surface area contributed by atoms with E-state index in [1.165, 1.54) is 11.1 Å². The highest BCUT2D eigenvalue weighted by molar-refractivity contribution is 9.08. The third-order valence-corrected chi connectivity index (χ3v) is 5.56. The van der Waals surface area contributed by atoms with Crippen molar-refractivity contribution >= 4 is 31.9 Å². The van der Waals surface area contributed by atoms with Gasteiger partial charge in [-0.05, 0) is 35.4 Å². The van der Waals surface area contributed by atoms with Crippen molar-refractivity contribution < 1.29 is 28.4 Å². The second-order valence-corrected chi connectivity index (χ2v) is 7.82. The Labute approximate surface area is 207 Å².